The van der Waals surface area contributed by atoms with E-state index in [-0.39, 0.29) is 18.4 Å². The molecule has 0 aliphatic rings. The van der Waals surface area contributed by atoms with Crippen molar-refractivity contribution in [2.45, 2.75) is 0 Å². The first-order valence-electron chi connectivity index (χ1n) is 7.23. The van der Waals surface area contributed by atoms with Crippen LogP contribution >= 0.6 is 23.2 Å². The SMILES string of the molecule is O=C(COc1ccc(Cl)cc1)NCCNC(=O)c1ccc(Cl)cc1. The standard InChI is InChI=1S/C17H16Cl2N2O3/c18-13-3-1-12(2-4-13)17(23)21-10-9-20-16(22)11-24-15-7-5-14(19)6-8-15/h1-8H,9-11H2,(H,20,22)(H,21,23). The first-order chi connectivity index (χ1) is 11.5. The van der Waals surface area contributed by atoms with E-state index in [0.717, 1.165) is 0 Å². The van der Waals surface area contributed by atoms with Crippen molar-refractivity contribution in [1.29, 1.82) is 0 Å². The summed E-state index contributed by atoms with van der Waals surface area (Å²) < 4.78 is 5.31. The zero-order chi connectivity index (χ0) is 17.4. The fourth-order valence-electron chi connectivity index (χ4n) is 1.81. The number of amides is 2. The quantitative estimate of drug-likeness (QED) is 0.740. The van der Waals surface area contributed by atoms with E-state index < -0.39 is 0 Å². The fourth-order valence-corrected chi connectivity index (χ4v) is 2.06. The highest BCUT2D eigenvalue weighted by atomic mass is 35.5. The lowest BCUT2D eigenvalue weighted by molar-refractivity contribution is -0.123. The summed E-state index contributed by atoms with van der Waals surface area (Å²) in [6, 6.07) is 13.3. The number of nitrogens with one attached hydrogen (secondary N) is 2. The molecule has 2 amide bonds. The van der Waals surface area contributed by atoms with Gasteiger partial charge in [-0.3, -0.25) is 9.59 Å². The normalized spacial score (nSPS) is 10.1. The number of hydrogen-bond donors (Lipinski definition) is 2. The number of carbonyl (C=O) groups excluding carboxylic acids is 2. The summed E-state index contributed by atoms with van der Waals surface area (Å²) in [6.07, 6.45) is 0. The fraction of sp³-hybridized carbons (Fsp3) is 0.176. The van der Waals surface area contributed by atoms with Gasteiger partial charge in [0.15, 0.2) is 6.61 Å². The molecule has 0 heterocycles. The van der Waals surface area contributed by atoms with Crippen LogP contribution in [0.3, 0.4) is 0 Å². The molecule has 0 fully saturated rings. The number of carbonyl (C=O) groups is 2. The van der Waals surface area contributed by atoms with Crippen LogP contribution in [-0.2, 0) is 4.79 Å². The van der Waals surface area contributed by atoms with Crippen LogP contribution in [0.15, 0.2) is 48.5 Å². The van der Waals surface area contributed by atoms with Gasteiger partial charge in [0.1, 0.15) is 5.75 Å². The number of halogens is 2. The van der Waals surface area contributed by atoms with Crippen LogP contribution < -0.4 is 15.4 Å². The van der Waals surface area contributed by atoms with E-state index in [0.29, 0.717) is 34.4 Å². The molecule has 0 atom stereocenters. The number of rotatable bonds is 7. The van der Waals surface area contributed by atoms with Gasteiger partial charge in [-0.2, -0.15) is 0 Å². The van der Waals surface area contributed by atoms with Crippen LogP contribution in [0.25, 0.3) is 0 Å². The van der Waals surface area contributed by atoms with Crippen LogP contribution in [0.5, 0.6) is 5.75 Å². The molecule has 2 aromatic carbocycles. The lowest BCUT2D eigenvalue weighted by Crippen LogP contribution is -2.36. The first-order valence-corrected chi connectivity index (χ1v) is 7.99. The summed E-state index contributed by atoms with van der Waals surface area (Å²) in [5.74, 6) is 0.0645. The summed E-state index contributed by atoms with van der Waals surface area (Å²) in [4.78, 5) is 23.5. The Labute approximate surface area is 149 Å². The molecule has 5 nitrogen and oxygen atoms in total. The minimum atomic E-state index is -0.273. The molecular weight excluding hydrogens is 351 g/mol. The largest absolute Gasteiger partial charge is 0.484 e. The second-order valence-electron chi connectivity index (χ2n) is 4.86. The Hall–Kier alpha value is -2.24. The van der Waals surface area contributed by atoms with Gasteiger partial charge in [0.2, 0.25) is 0 Å². The molecule has 2 N–H and O–H groups in total. The highest BCUT2D eigenvalue weighted by molar-refractivity contribution is 6.30. The van der Waals surface area contributed by atoms with E-state index in [9.17, 15) is 9.59 Å². The molecule has 24 heavy (non-hydrogen) atoms. The molecule has 0 unspecified atom stereocenters. The number of hydrogen-bond acceptors (Lipinski definition) is 3. The van der Waals surface area contributed by atoms with Crippen molar-refractivity contribution in [3.63, 3.8) is 0 Å². The molecule has 0 aliphatic heterocycles. The summed E-state index contributed by atoms with van der Waals surface area (Å²) in [7, 11) is 0. The molecule has 2 aromatic rings. The average molecular weight is 367 g/mol. The summed E-state index contributed by atoms with van der Waals surface area (Å²) in [5.41, 5.74) is 0.511. The number of benzene rings is 2. The van der Waals surface area contributed by atoms with Gasteiger partial charge in [-0.15, -0.1) is 0 Å². The minimum Gasteiger partial charge on any atom is -0.484 e. The average Bonchev–Trinajstić information content (AvgIpc) is 2.58. The zero-order valence-corrected chi connectivity index (χ0v) is 14.2. The van der Waals surface area contributed by atoms with Gasteiger partial charge in [-0.05, 0) is 48.5 Å². The Morgan fingerprint density at radius 2 is 1.38 bits per heavy atom. The second kappa shape index (κ2) is 9.15. The molecule has 7 heteroatoms. The van der Waals surface area contributed by atoms with Gasteiger partial charge < -0.3 is 15.4 Å². The van der Waals surface area contributed by atoms with Gasteiger partial charge in [0, 0.05) is 28.7 Å². The molecule has 0 saturated heterocycles. The predicted octanol–water partition coefficient (Wildman–Crippen LogP) is 2.92. The van der Waals surface area contributed by atoms with Crippen LogP contribution in [0.1, 0.15) is 10.4 Å². The van der Waals surface area contributed by atoms with Crippen molar-refractivity contribution in [3.05, 3.63) is 64.1 Å². The molecule has 0 saturated carbocycles. The zero-order valence-electron chi connectivity index (χ0n) is 12.7. The van der Waals surface area contributed by atoms with Crippen molar-refractivity contribution in [2.24, 2.45) is 0 Å². The smallest absolute Gasteiger partial charge is 0.258 e. The van der Waals surface area contributed by atoms with Gasteiger partial charge >= 0.3 is 0 Å². The Morgan fingerprint density at radius 3 is 2.00 bits per heavy atom. The van der Waals surface area contributed by atoms with Crippen LogP contribution in [0.4, 0.5) is 0 Å². The van der Waals surface area contributed by atoms with E-state index in [1.165, 1.54) is 0 Å². The molecule has 2 rings (SSSR count). The minimum absolute atomic E-state index is 0.104. The summed E-state index contributed by atoms with van der Waals surface area (Å²) in [6.45, 7) is 0.517. The van der Waals surface area contributed by atoms with Crippen molar-refractivity contribution in [1.82, 2.24) is 10.6 Å². The maximum atomic E-state index is 11.8. The predicted molar refractivity (Wildman–Crippen MR) is 93.7 cm³/mol. The van der Waals surface area contributed by atoms with Crippen LogP contribution in [0, 0.1) is 0 Å². The first kappa shape index (κ1) is 18.1. The summed E-state index contributed by atoms with van der Waals surface area (Å²) in [5, 5.41) is 6.53. The third kappa shape index (κ3) is 6.10. The van der Waals surface area contributed by atoms with E-state index >= 15 is 0 Å². The van der Waals surface area contributed by atoms with E-state index in [1.54, 1.807) is 48.5 Å². The lowest BCUT2D eigenvalue weighted by Gasteiger charge is -2.08. The summed E-state index contributed by atoms with van der Waals surface area (Å²) >= 11 is 11.5. The number of ether oxygens (including phenoxy) is 1. The lowest BCUT2D eigenvalue weighted by atomic mass is 10.2. The topological polar surface area (TPSA) is 67.4 Å². The van der Waals surface area contributed by atoms with Crippen LogP contribution in [-0.4, -0.2) is 31.5 Å². The Morgan fingerprint density at radius 1 is 0.833 bits per heavy atom. The molecule has 0 aliphatic carbocycles. The third-order valence-corrected chi connectivity index (χ3v) is 3.53. The highest BCUT2D eigenvalue weighted by Gasteiger charge is 2.05. The van der Waals surface area contributed by atoms with Gasteiger partial charge in [0.25, 0.3) is 11.8 Å². The van der Waals surface area contributed by atoms with Crippen LogP contribution in [0.2, 0.25) is 10.0 Å². The van der Waals surface area contributed by atoms with Crippen molar-refractivity contribution >= 4 is 35.0 Å². The van der Waals surface area contributed by atoms with E-state index in [1.807, 2.05) is 0 Å². The molecule has 0 spiro atoms. The van der Waals surface area contributed by atoms with E-state index in [4.69, 9.17) is 27.9 Å². The maximum absolute atomic E-state index is 11.8. The van der Waals surface area contributed by atoms with Crippen molar-refractivity contribution < 1.29 is 14.3 Å². The Bertz CT molecular complexity index is 688. The highest BCUT2D eigenvalue weighted by Crippen LogP contribution is 2.15. The van der Waals surface area contributed by atoms with Gasteiger partial charge in [-0.25, -0.2) is 0 Å². The molecule has 126 valence electrons. The van der Waals surface area contributed by atoms with Gasteiger partial charge in [0.05, 0.1) is 0 Å². The second-order valence-corrected chi connectivity index (χ2v) is 5.73. The molecule has 0 aromatic heterocycles. The molecule has 0 radical (unpaired) electrons. The molecule has 0 bridgehead atoms. The van der Waals surface area contributed by atoms with Gasteiger partial charge in [-0.1, -0.05) is 23.2 Å². The van der Waals surface area contributed by atoms with Crippen molar-refractivity contribution in [3.8, 4) is 5.75 Å². The van der Waals surface area contributed by atoms with E-state index in [2.05, 4.69) is 10.6 Å². The van der Waals surface area contributed by atoms with Crippen molar-refractivity contribution in [2.75, 3.05) is 19.7 Å². The monoisotopic (exact) mass is 366 g/mol. The third-order valence-electron chi connectivity index (χ3n) is 3.02. The Balaban J connectivity index is 1.63. The molecular formula is C17H16Cl2N2O3. The maximum Gasteiger partial charge on any atom is 0.258 e. The Kier molecular flexibility index (Phi) is 6.90.